The molecule has 1 heterocycles. The summed E-state index contributed by atoms with van der Waals surface area (Å²) < 4.78 is 0. The molecule has 2 aromatic carbocycles. The highest BCUT2D eigenvalue weighted by molar-refractivity contribution is 7.18. The number of hydrogen-bond acceptors (Lipinski definition) is 5. The van der Waals surface area contributed by atoms with Crippen molar-refractivity contribution in [3.8, 4) is 10.6 Å². The highest BCUT2D eigenvalue weighted by atomic mass is 35.5. The SMILES string of the molecule is Cc1ccc(Cl)c(Nc2ccccc2-c2nnc(N)s2)c1Cl. The van der Waals surface area contributed by atoms with Gasteiger partial charge in [0, 0.05) is 11.3 Å². The van der Waals surface area contributed by atoms with E-state index in [0.717, 1.165) is 21.8 Å². The second-order valence-corrected chi connectivity index (χ2v) is 6.46. The van der Waals surface area contributed by atoms with Crippen LogP contribution in [0.1, 0.15) is 5.56 Å². The minimum absolute atomic E-state index is 0.427. The fourth-order valence-electron chi connectivity index (χ4n) is 2.03. The van der Waals surface area contributed by atoms with Gasteiger partial charge in [0.1, 0.15) is 0 Å². The molecule has 0 radical (unpaired) electrons. The van der Waals surface area contributed by atoms with Crippen LogP contribution < -0.4 is 11.1 Å². The first-order valence-corrected chi connectivity index (χ1v) is 8.03. The smallest absolute Gasteiger partial charge is 0.203 e. The number of para-hydroxylation sites is 1. The van der Waals surface area contributed by atoms with Crippen LogP contribution in [0.3, 0.4) is 0 Å². The molecule has 112 valence electrons. The number of nitrogens with two attached hydrogens (primary N) is 1. The second-order valence-electron chi connectivity index (χ2n) is 4.67. The normalized spacial score (nSPS) is 10.7. The number of hydrogen-bond donors (Lipinski definition) is 2. The first kappa shape index (κ1) is 15.1. The van der Waals surface area contributed by atoms with Crippen LogP contribution in [0.25, 0.3) is 10.6 Å². The molecule has 0 amide bonds. The van der Waals surface area contributed by atoms with Gasteiger partial charge in [-0.05, 0) is 30.7 Å². The summed E-state index contributed by atoms with van der Waals surface area (Å²) in [5.74, 6) is 0. The molecule has 0 aliphatic carbocycles. The van der Waals surface area contributed by atoms with Gasteiger partial charge in [0.15, 0.2) is 5.01 Å². The highest BCUT2D eigenvalue weighted by Gasteiger charge is 2.13. The lowest BCUT2D eigenvalue weighted by atomic mass is 10.1. The van der Waals surface area contributed by atoms with Gasteiger partial charge >= 0.3 is 0 Å². The quantitative estimate of drug-likeness (QED) is 0.685. The average Bonchev–Trinajstić information content (AvgIpc) is 2.94. The van der Waals surface area contributed by atoms with Crippen LogP contribution in [0.15, 0.2) is 36.4 Å². The van der Waals surface area contributed by atoms with E-state index in [4.69, 9.17) is 28.9 Å². The van der Waals surface area contributed by atoms with E-state index in [2.05, 4.69) is 15.5 Å². The summed E-state index contributed by atoms with van der Waals surface area (Å²) in [4.78, 5) is 0. The fourth-order valence-corrected chi connectivity index (χ4v) is 3.14. The minimum Gasteiger partial charge on any atom is -0.374 e. The van der Waals surface area contributed by atoms with E-state index in [9.17, 15) is 0 Å². The molecule has 0 saturated heterocycles. The Morgan fingerprint density at radius 2 is 1.86 bits per heavy atom. The molecule has 22 heavy (non-hydrogen) atoms. The van der Waals surface area contributed by atoms with Crippen molar-refractivity contribution < 1.29 is 0 Å². The molecule has 0 bridgehead atoms. The van der Waals surface area contributed by atoms with Crippen LogP contribution in [0, 0.1) is 6.92 Å². The molecular weight excluding hydrogens is 339 g/mol. The maximum Gasteiger partial charge on any atom is 0.203 e. The number of nitrogens with one attached hydrogen (secondary N) is 1. The van der Waals surface area contributed by atoms with Gasteiger partial charge in [0.25, 0.3) is 0 Å². The number of anilines is 3. The highest BCUT2D eigenvalue weighted by Crippen LogP contribution is 2.38. The second kappa shape index (κ2) is 6.12. The molecule has 4 nitrogen and oxygen atoms in total. The summed E-state index contributed by atoms with van der Waals surface area (Å²) in [6.07, 6.45) is 0. The van der Waals surface area contributed by atoms with Gasteiger partial charge in [-0.2, -0.15) is 0 Å². The molecule has 0 unspecified atom stereocenters. The lowest BCUT2D eigenvalue weighted by molar-refractivity contribution is 1.10. The van der Waals surface area contributed by atoms with Crippen molar-refractivity contribution in [1.82, 2.24) is 10.2 Å². The fraction of sp³-hybridized carbons (Fsp3) is 0.0667. The molecule has 1 aromatic heterocycles. The van der Waals surface area contributed by atoms with E-state index in [1.54, 1.807) is 0 Å². The zero-order valence-electron chi connectivity index (χ0n) is 11.6. The Labute approximate surface area is 141 Å². The Hall–Kier alpha value is -1.82. The monoisotopic (exact) mass is 350 g/mol. The molecular formula is C15H12Cl2N4S. The van der Waals surface area contributed by atoms with Gasteiger partial charge in [-0.25, -0.2) is 0 Å². The standard InChI is InChI=1S/C15H12Cl2N4S/c1-8-6-7-10(16)13(12(8)17)19-11-5-3-2-4-9(11)14-20-21-15(18)22-14/h2-7,19H,1H3,(H2,18,21). The van der Waals surface area contributed by atoms with Crippen LogP contribution in [-0.2, 0) is 0 Å². The first-order chi connectivity index (χ1) is 10.6. The Bertz CT molecular complexity index is 832. The van der Waals surface area contributed by atoms with Crippen molar-refractivity contribution in [2.45, 2.75) is 6.92 Å². The molecule has 0 atom stereocenters. The number of aromatic nitrogens is 2. The first-order valence-electron chi connectivity index (χ1n) is 6.46. The lowest BCUT2D eigenvalue weighted by Crippen LogP contribution is -1.96. The van der Waals surface area contributed by atoms with Crippen molar-refractivity contribution >= 4 is 51.0 Å². The molecule has 7 heteroatoms. The van der Waals surface area contributed by atoms with E-state index in [-0.39, 0.29) is 0 Å². The summed E-state index contributed by atoms with van der Waals surface area (Å²) in [6.45, 7) is 1.93. The number of benzene rings is 2. The van der Waals surface area contributed by atoms with E-state index < -0.39 is 0 Å². The average molecular weight is 351 g/mol. The van der Waals surface area contributed by atoms with Crippen LogP contribution in [0.4, 0.5) is 16.5 Å². The predicted octanol–water partition coefficient (Wildman–Crippen LogP) is 5.15. The zero-order chi connectivity index (χ0) is 15.7. The maximum atomic E-state index is 6.36. The van der Waals surface area contributed by atoms with E-state index in [0.29, 0.717) is 20.9 Å². The van der Waals surface area contributed by atoms with Gasteiger partial charge in [-0.3, -0.25) is 0 Å². The van der Waals surface area contributed by atoms with Crippen molar-refractivity contribution in [1.29, 1.82) is 0 Å². The minimum atomic E-state index is 0.427. The number of halogens is 2. The van der Waals surface area contributed by atoms with Gasteiger partial charge in [-0.15, -0.1) is 10.2 Å². The number of nitrogens with zero attached hydrogens (tertiary/aromatic N) is 2. The van der Waals surface area contributed by atoms with Crippen LogP contribution >= 0.6 is 34.5 Å². The van der Waals surface area contributed by atoms with Gasteiger partial charge in [-0.1, -0.05) is 52.7 Å². The van der Waals surface area contributed by atoms with Crippen molar-refractivity contribution in [3.63, 3.8) is 0 Å². The number of rotatable bonds is 3. The Kier molecular flexibility index (Phi) is 4.20. The third-order valence-corrected chi connectivity index (χ3v) is 4.73. The number of nitrogen functional groups attached to an aromatic ring is 1. The zero-order valence-corrected chi connectivity index (χ0v) is 13.9. The topological polar surface area (TPSA) is 63.8 Å². The number of aryl methyl sites for hydroxylation is 1. The molecule has 0 saturated carbocycles. The Balaban J connectivity index is 2.06. The van der Waals surface area contributed by atoms with E-state index >= 15 is 0 Å². The summed E-state index contributed by atoms with van der Waals surface area (Å²) in [7, 11) is 0. The van der Waals surface area contributed by atoms with Crippen LogP contribution in [0.2, 0.25) is 10.0 Å². The molecule has 3 N–H and O–H groups in total. The molecule has 3 aromatic rings. The van der Waals surface area contributed by atoms with Crippen molar-refractivity contribution in [2.24, 2.45) is 0 Å². The van der Waals surface area contributed by atoms with Crippen LogP contribution in [0.5, 0.6) is 0 Å². The Morgan fingerprint density at radius 1 is 1.09 bits per heavy atom. The van der Waals surface area contributed by atoms with E-state index in [1.165, 1.54) is 11.3 Å². The van der Waals surface area contributed by atoms with Gasteiger partial charge in [0.2, 0.25) is 5.13 Å². The summed E-state index contributed by atoms with van der Waals surface area (Å²) in [5, 5.41) is 13.6. The summed E-state index contributed by atoms with van der Waals surface area (Å²) in [6, 6.07) is 11.4. The van der Waals surface area contributed by atoms with Crippen LogP contribution in [-0.4, -0.2) is 10.2 Å². The molecule has 3 rings (SSSR count). The molecule has 0 fully saturated rings. The molecule has 0 aliphatic rings. The molecule has 0 spiro atoms. The van der Waals surface area contributed by atoms with Crippen molar-refractivity contribution in [2.75, 3.05) is 11.1 Å². The van der Waals surface area contributed by atoms with Gasteiger partial charge < -0.3 is 11.1 Å². The van der Waals surface area contributed by atoms with Gasteiger partial charge in [0.05, 0.1) is 15.7 Å². The largest absolute Gasteiger partial charge is 0.374 e. The Morgan fingerprint density at radius 3 is 2.59 bits per heavy atom. The van der Waals surface area contributed by atoms with Crippen molar-refractivity contribution in [3.05, 3.63) is 52.0 Å². The maximum absolute atomic E-state index is 6.36. The predicted molar refractivity (Wildman–Crippen MR) is 94.2 cm³/mol. The lowest BCUT2D eigenvalue weighted by Gasteiger charge is -2.14. The van der Waals surface area contributed by atoms with E-state index in [1.807, 2.05) is 43.3 Å². The third-order valence-electron chi connectivity index (χ3n) is 3.14. The summed E-state index contributed by atoms with van der Waals surface area (Å²) in [5.41, 5.74) is 9.03. The third kappa shape index (κ3) is 2.88. The summed E-state index contributed by atoms with van der Waals surface area (Å²) >= 11 is 13.9. The molecule has 0 aliphatic heterocycles.